The van der Waals surface area contributed by atoms with Crippen molar-refractivity contribution in [2.24, 2.45) is 0 Å². The molecule has 15 heavy (non-hydrogen) atoms. The number of ether oxygens (including phenoxy) is 1. The predicted molar refractivity (Wildman–Crippen MR) is 58.8 cm³/mol. The van der Waals surface area contributed by atoms with E-state index in [1.165, 1.54) is 7.11 Å². The third-order valence-electron chi connectivity index (χ3n) is 2.94. The van der Waals surface area contributed by atoms with Gasteiger partial charge in [-0.05, 0) is 36.1 Å². The molecule has 0 bridgehead atoms. The van der Waals surface area contributed by atoms with Crippen LogP contribution in [-0.2, 0) is 21.6 Å². The molecule has 0 fully saturated rings. The standard InChI is InChI=1S/C11H11BrO3/c1-15-11(10(13)14)5-4-7-6-8(12)2-3-9(7)11/h2-3,6H,4-5H2,1H3,(H,13,14). The van der Waals surface area contributed by atoms with Gasteiger partial charge < -0.3 is 9.84 Å². The molecule has 0 saturated heterocycles. The zero-order valence-electron chi connectivity index (χ0n) is 8.29. The van der Waals surface area contributed by atoms with Crippen LogP contribution in [0, 0.1) is 0 Å². The first-order valence-electron chi connectivity index (χ1n) is 4.67. The highest BCUT2D eigenvalue weighted by atomic mass is 79.9. The summed E-state index contributed by atoms with van der Waals surface area (Å²) < 4.78 is 6.18. The molecule has 0 aliphatic heterocycles. The van der Waals surface area contributed by atoms with Crippen LogP contribution in [0.5, 0.6) is 0 Å². The fraction of sp³-hybridized carbons (Fsp3) is 0.364. The van der Waals surface area contributed by atoms with E-state index in [-0.39, 0.29) is 0 Å². The van der Waals surface area contributed by atoms with Crippen molar-refractivity contribution in [3.63, 3.8) is 0 Å². The normalized spacial score (nSPS) is 23.9. The first-order valence-corrected chi connectivity index (χ1v) is 5.47. The molecule has 0 radical (unpaired) electrons. The topological polar surface area (TPSA) is 46.5 Å². The Morgan fingerprint density at radius 2 is 2.33 bits per heavy atom. The SMILES string of the molecule is COC1(C(=O)O)CCc2cc(Br)ccc21. The summed E-state index contributed by atoms with van der Waals surface area (Å²) in [7, 11) is 1.45. The number of halogens is 1. The molecule has 3 nitrogen and oxygen atoms in total. The Hall–Kier alpha value is -0.870. The Bertz CT molecular complexity index is 416. The number of aryl methyl sites for hydroxylation is 1. The van der Waals surface area contributed by atoms with Crippen LogP contribution in [0.15, 0.2) is 22.7 Å². The van der Waals surface area contributed by atoms with Crippen molar-refractivity contribution in [1.82, 2.24) is 0 Å². The second-order valence-electron chi connectivity index (χ2n) is 3.64. The lowest BCUT2D eigenvalue weighted by atomic mass is 9.96. The van der Waals surface area contributed by atoms with Crippen LogP contribution in [0.2, 0.25) is 0 Å². The predicted octanol–water partition coefficient (Wildman–Crippen LogP) is 2.32. The number of hydrogen-bond acceptors (Lipinski definition) is 2. The largest absolute Gasteiger partial charge is 0.479 e. The van der Waals surface area contributed by atoms with Gasteiger partial charge in [-0.1, -0.05) is 22.0 Å². The molecule has 2 rings (SSSR count). The van der Waals surface area contributed by atoms with Gasteiger partial charge in [-0.2, -0.15) is 0 Å². The van der Waals surface area contributed by atoms with Crippen molar-refractivity contribution >= 4 is 21.9 Å². The smallest absolute Gasteiger partial charge is 0.340 e. The highest BCUT2D eigenvalue weighted by Gasteiger charge is 2.45. The van der Waals surface area contributed by atoms with Crippen molar-refractivity contribution in [3.05, 3.63) is 33.8 Å². The quantitative estimate of drug-likeness (QED) is 0.897. The van der Waals surface area contributed by atoms with Crippen molar-refractivity contribution < 1.29 is 14.6 Å². The Morgan fingerprint density at radius 1 is 1.60 bits per heavy atom. The highest BCUT2D eigenvalue weighted by molar-refractivity contribution is 9.10. The molecule has 0 spiro atoms. The maximum Gasteiger partial charge on any atom is 0.340 e. The van der Waals surface area contributed by atoms with Gasteiger partial charge in [-0.15, -0.1) is 0 Å². The van der Waals surface area contributed by atoms with Gasteiger partial charge in [0.15, 0.2) is 5.60 Å². The van der Waals surface area contributed by atoms with E-state index < -0.39 is 11.6 Å². The number of aliphatic carboxylic acids is 1. The Kier molecular flexibility index (Phi) is 2.56. The average Bonchev–Trinajstić information content (AvgIpc) is 2.56. The summed E-state index contributed by atoms with van der Waals surface area (Å²) in [5.74, 6) is -0.911. The molecule has 1 aliphatic rings. The number of hydrogen-bond donors (Lipinski definition) is 1. The minimum atomic E-state index is -1.14. The lowest BCUT2D eigenvalue weighted by Gasteiger charge is -2.23. The molecule has 4 heteroatoms. The number of carboxylic acids is 1. The van der Waals surface area contributed by atoms with Crippen LogP contribution in [0.4, 0.5) is 0 Å². The lowest BCUT2D eigenvalue weighted by Crippen LogP contribution is -2.35. The molecular weight excluding hydrogens is 260 g/mol. The lowest BCUT2D eigenvalue weighted by molar-refractivity contribution is -0.163. The van der Waals surface area contributed by atoms with Gasteiger partial charge in [0.2, 0.25) is 0 Å². The second-order valence-corrected chi connectivity index (χ2v) is 4.55. The fourth-order valence-corrected chi connectivity index (χ4v) is 2.54. The molecule has 1 aromatic rings. The Morgan fingerprint density at radius 3 is 2.93 bits per heavy atom. The third kappa shape index (κ3) is 1.48. The summed E-state index contributed by atoms with van der Waals surface area (Å²) in [6.07, 6.45) is 1.25. The van der Waals surface area contributed by atoms with Crippen LogP contribution >= 0.6 is 15.9 Å². The molecule has 80 valence electrons. The van der Waals surface area contributed by atoms with Crippen LogP contribution in [0.3, 0.4) is 0 Å². The molecule has 0 aromatic heterocycles. The first kappa shape index (κ1) is 10.6. The van der Waals surface area contributed by atoms with Gasteiger partial charge in [0.1, 0.15) is 0 Å². The number of rotatable bonds is 2. The van der Waals surface area contributed by atoms with Crippen LogP contribution in [0.1, 0.15) is 17.5 Å². The van der Waals surface area contributed by atoms with Gasteiger partial charge >= 0.3 is 5.97 Å². The van der Waals surface area contributed by atoms with Gasteiger partial charge in [0, 0.05) is 11.6 Å². The van der Waals surface area contributed by atoms with Crippen molar-refractivity contribution in [3.8, 4) is 0 Å². The summed E-state index contributed by atoms with van der Waals surface area (Å²) in [4.78, 5) is 11.3. The average molecular weight is 271 g/mol. The van der Waals surface area contributed by atoms with Crippen LogP contribution < -0.4 is 0 Å². The summed E-state index contributed by atoms with van der Waals surface area (Å²) in [6.45, 7) is 0. The monoisotopic (exact) mass is 270 g/mol. The van der Waals surface area contributed by atoms with Crippen molar-refractivity contribution in [1.29, 1.82) is 0 Å². The second kappa shape index (κ2) is 3.61. The number of methoxy groups -OCH3 is 1. The summed E-state index contributed by atoms with van der Waals surface area (Å²) in [5, 5.41) is 9.24. The molecule has 0 heterocycles. The Balaban J connectivity index is 2.56. The number of carboxylic acid groups (broad SMARTS) is 1. The van der Waals surface area contributed by atoms with E-state index in [9.17, 15) is 9.90 Å². The molecule has 1 aromatic carbocycles. The maximum absolute atomic E-state index is 11.3. The van der Waals surface area contributed by atoms with Gasteiger partial charge in [-0.3, -0.25) is 0 Å². The summed E-state index contributed by atoms with van der Waals surface area (Å²) in [5.41, 5.74) is 0.685. The van der Waals surface area contributed by atoms with Crippen LogP contribution in [-0.4, -0.2) is 18.2 Å². The number of benzene rings is 1. The zero-order valence-corrected chi connectivity index (χ0v) is 9.87. The van der Waals surface area contributed by atoms with E-state index in [1.54, 1.807) is 0 Å². The van der Waals surface area contributed by atoms with E-state index in [0.29, 0.717) is 6.42 Å². The molecule has 1 aliphatic carbocycles. The molecular formula is C11H11BrO3. The van der Waals surface area contributed by atoms with Gasteiger partial charge in [0.05, 0.1) is 0 Å². The first-order chi connectivity index (χ1) is 7.10. The van der Waals surface area contributed by atoms with E-state index in [1.807, 2.05) is 18.2 Å². The van der Waals surface area contributed by atoms with Gasteiger partial charge in [0.25, 0.3) is 0 Å². The number of carbonyl (C=O) groups is 1. The minimum Gasteiger partial charge on any atom is -0.479 e. The van der Waals surface area contributed by atoms with Crippen LogP contribution in [0.25, 0.3) is 0 Å². The third-order valence-corrected chi connectivity index (χ3v) is 3.44. The maximum atomic E-state index is 11.3. The zero-order chi connectivity index (χ0) is 11.1. The molecule has 1 N–H and O–H groups in total. The van der Waals surface area contributed by atoms with Crippen molar-refractivity contribution in [2.75, 3.05) is 7.11 Å². The molecule has 1 unspecified atom stereocenters. The fourth-order valence-electron chi connectivity index (χ4n) is 2.13. The summed E-state index contributed by atoms with van der Waals surface area (Å²) >= 11 is 3.37. The van der Waals surface area contributed by atoms with E-state index in [4.69, 9.17) is 4.74 Å². The molecule has 1 atom stereocenters. The highest BCUT2D eigenvalue weighted by Crippen LogP contribution is 2.40. The number of fused-ring (bicyclic) bond motifs is 1. The molecule has 0 amide bonds. The minimum absolute atomic E-state index is 0.505. The summed E-state index contributed by atoms with van der Waals surface area (Å²) in [6, 6.07) is 5.63. The Labute approximate surface area is 96.2 Å². The molecule has 0 saturated carbocycles. The van der Waals surface area contributed by atoms with Gasteiger partial charge in [-0.25, -0.2) is 4.79 Å². The van der Waals surface area contributed by atoms with E-state index in [2.05, 4.69) is 15.9 Å². The van der Waals surface area contributed by atoms with E-state index >= 15 is 0 Å². The van der Waals surface area contributed by atoms with E-state index in [0.717, 1.165) is 22.0 Å². The van der Waals surface area contributed by atoms with Crippen molar-refractivity contribution in [2.45, 2.75) is 18.4 Å².